The fourth-order valence-corrected chi connectivity index (χ4v) is 4.68. The molecule has 4 nitrogen and oxygen atoms in total. The van der Waals surface area contributed by atoms with E-state index >= 15 is 0 Å². The molecule has 0 fully saturated rings. The molecular weight excluding hydrogens is 386 g/mol. The Labute approximate surface area is 147 Å². The van der Waals surface area contributed by atoms with Gasteiger partial charge in [-0.1, -0.05) is 22.8 Å². The van der Waals surface area contributed by atoms with Crippen molar-refractivity contribution in [1.29, 1.82) is 0 Å². The van der Waals surface area contributed by atoms with E-state index < -0.39 is 54.4 Å². The van der Waals surface area contributed by atoms with Gasteiger partial charge in [0, 0.05) is 12.8 Å². The second kappa shape index (κ2) is 6.60. The molecule has 1 unspecified atom stereocenters. The largest absolute Gasteiger partial charge is 0.389 e. The number of oxime groups is 1. The van der Waals surface area contributed by atoms with Gasteiger partial charge in [0.25, 0.3) is 6.08 Å². The van der Waals surface area contributed by atoms with Crippen molar-refractivity contribution in [2.75, 3.05) is 0 Å². The van der Waals surface area contributed by atoms with Crippen LogP contribution in [0.4, 0.5) is 17.6 Å². The van der Waals surface area contributed by atoms with Crippen molar-refractivity contribution < 1.29 is 30.8 Å². The molecule has 1 heterocycles. The average molecular weight is 400 g/mol. The second-order valence-electron chi connectivity index (χ2n) is 6.04. The standard InChI is InChI=1S/C15H14ClF4NO3S/c1-14(2)8-12(21-24-14)25(22,23)15(16,7-6-11(19)20)13-9(17)4-3-5-10(13)18/h3-6H,7-8H2,1-2H3. The molecule has 10 heteroatoms. The molecular formula is C15H14ClF4NO3S. The van der Waals surface area contributed by atoms with Crippen molar-refractivity contribution in [2.45, 2.75) is 36.5 Å². The molecule has 0 amide bonds. The van der Waals surface area contributed by atoms with E-state index in [1.54, 1.807) is 13.8 Å². The highest BCUT2D eigenvalue weighted by Gasteiger charge is 2.52. The Balaban J connectivity index is 2.67. The number of rotatable bonds is 4. The van der Waals surface area contributed by atoms with E-state index in [1.807, 2.05) is 0 Å². The van der Waals surface area contributed by atoms with Crippen molar-refractivity contribution in [3.63, 3.8) is 0 Å². The fraction of sp³-hybridized carbons (Fsp3) is 0.400. The number of allylic oxidation sites excluding steroid dienone is 1. The summed E-state index contributed by atoms with van der Waals surface area (Å²) in [6.07, 6.45) is -3.32. The zero-order valence-electron chi connectivity index (χ0n) is 13.2. The lowest BCUT2D eigenvalue weighted by molar-refractivity contribution is 0.0123. The molecule has 1 aromatic carbocycles. The van der Waals surface area contributed by atoms with Gasteiger partial charge in [0.15, 0.2) is 9.25 Å². The van der Waals surface area contributed by atoms with Gasteiger partial charge in [0.1, 0.15) is 17.2 Å². The van der Waals surface area contributed by atoms with Gasteiger partial charge in [0.2, 0.25) is 9.84 Å². The maximum atomic E-state index is 14.2. The first kappa shape index (κ1) is 19.7. The molecule has 0 aliphatic carbocycles. The Hall–Kier alpha value is -1.61. The van der Waals surface area contributed by atoms with E-state index in [2.05, 4.69) is 5.16 Å². The van der Waals surface area contributed by atoms with Gasteiger partial charge >= 0.3 is 0 Å². The normalized spacial score (nSPS) is 18.9. The number of nitrogens with zero attached hydrogens (tertiary/aromatic N) is 1. The minimum atomic E-state index is -4.73. The molecule has 0 saturated heterocycles. The predicted octanol–water partition coefficient (Wildman–Crippen LogP) is 4.45. The topological polar surface area (TPSA) is 55.7 Å². The van der Waals surface area contributed by atoms with E-state index in [0.29, 0.717) is 0 Å². The summed E-state index contributed by atoms with van der Waals surface area (Å²) in [6, 6.07) is 2.58. The smallest absolute Gasteiger partial charge is 0.266 e. The molecule has 0 spiro atoms. The lowest BCUT2D eigenvalue weighted by atomic mass is 10.1. The van der Waals surface area contributed by atoms with Crippen LogP contribution >= 0.6 is 11.6 Å². The minimum Gasteiger partial charge on any atom is -0.389 e. The summed E-state index contributed by atoms with van der Waals surface area (Å²) in [5, 5.41) is 2.86. The highest BCUT2D eigenvalue weighted by atomic mass is 35.5. The highest BCUT2D eigenvalue weighted by Crippen LogP contribution is 2.45. The van der Waals surface area contributed by atoms with E-state index in [1.165, 1.54) is 0 Å². The van der Waals surface area contributed by atoms with Crippen LogP contribution in [0, 0.1) is 11.6 Å². The quantitative estimate of drug-likeness (QED) is 0.555. The first-order chi connectivity index (χ1) is 11.4. The third kappa shape index (κ3) is 3.67. The molecule has 138 valence electrons. The van der Waals surface area contributed by atoms with Crippen molar-refractivity contribution in [3.8, 4) is 0 Å². The maximum absolute atomic E-state index is 14.2. The number of benzene rings is 1. The van der Waals surface area contributed by atoms with Crippen molar-refractivity contribution in [1.82, 2.24) is 0 Å². The zero-order valence-corrected chi connectivity index (χ0v) is 14.8. The van der Waals surface area contributed by atoms with Gasteiger partial charge in [-0.15, -0.1) is 0 Å². The van der Waals surface area contributed by atoms with Crippen molar-refractivity contribution >= 4 is 26.5 Å². The van der Waals surface area contributed by atoms with Gasteiger partial charge < -0.3 is 4.84 Å². The van der Waals surface area contributed by atoms with Crippen LogP contribution in [0.25, 0.3) is 0 Å². The summed E-state index contributed by atoms with van der Waals surface area (Å²) >= 11 is 6.10. The Morgan fingerprint density at radius 1 is 1.36 bits per heavy atom. The summed E-state index contributed by atoms with van der Waals surface area (Å²) in [5.74, 6) is -2.55. The lowest BCUT2D eigenvalue weighted by Gasteiger charge is -2.27. The van der Waals surface area contributed by atoms with E-state index in [-0.39, 0.29) is 12.5 Å². The predicted molar refractivity (Wildman–Crippen MR) is 84.9 cm³/mol. The van der Waals surface area contributed by atoms with Crippen molar-refractivity contribution in [3.05, 3.63) is 47.6 Å². The molecule has 2 rings (SSSR count). The Morgan fingerprint density at radius 3 is 2.36 bits per heavy atom. The van der Waals surface area contributed by atoms with Crippen molar-refractivity contribution in [2.24, 2.45) is 5.16 Å². The molecule has 1 aliphatic heterocycles. The first-order valence-electron chi connectivity index (χ1n) is 7.05. The molecule has 0 aromatic heterocycles. The monoisotopic (exact) mass is 399 g/mol. The fourth-order valence-electron chi connectivity index (χ4n) is 2.34. The van der Waals surface area contributed by atoms with Crippen LogP contribution in [0.2, 0.25) is 0 Å². The number of sulfone groups is 1. The van der Waals surface area contributed by atoms with Gasteiger partial charge in [-0.2, -0.15) is 8.78 Å². The van der Waals surface area contributed by atoms with Crippen LogP contribution in [-0.4, -0.2) is 19.1 Å². The van der Waals surface area contributed by atoms with Gasteiger partial charge in [-0.25, -0.2) is 17.2 Å². The highest BCUT2D eigenvalue weighted by molar-refractivity contribution is 8.08. The Kier molecular flexibility index (Phi) is 5.21. The molecule has 25 heavy (non-hydrogen) atoms. The average Bonchev–Trinajstić information content (AvgIpc) is 2.85. The first-order valence-corrected chi connectivity index (χ1v) is 8.91. The number of alkyl halides is 1. The molecule has 0 N–H and O–H groups in total. The summed E-state index contributed by atoms with van der Waals surface area (Å²) in [5.41, 5.74) is -2.02. The third-order valence-corrected chi connectivity index (χ3v) is 6.58. The molecule has 1 aromatic rings. The molecule has 1 atom stereocenters. The molecule has 0 radical (unpaired) electrons. The number of halogens is 5. The van der Waals surface area contributed by atoms with Gasteiger partial charge in [-0.3, -0.25) is 0 Å². The summed E-state index contributed by atoms with van der Waals surface area (Å²) < 4.78 is 76.4. The van der Waals surface area contributed by atoms with Crippen LogP contribution in [0.15, 0.2) is 35.5 Å². The zero-order chi connectivity index (χ0) is 19.0. The van der Waals surface area contributed by atoms with Gasteiger partial charge in [-0.05, 0) is 32.1 Å². The van der Waals surface area contributed by atoms with Crippen LogP contribution in [-0.2, 0) is 18.9 Å². The Morgan fingerprint density at radius 2 is 1.92 bits per heavy atom. The summed E-state index contributed by atoms with van der Waals surface area (Å²) in [4.78, 5) is 4.96. The Bertz CT molecular complexity index is 830. The summed E-state index contributed by atoms with van der Waals surface area (Å²) in [6.45, 7) is 3.08. The van der Waals surface area contributed by atoms with Crippen LogP contribution in [0.1, 0.15) is 32.3 Å². The molecule has 1 aliphatic rings. The van der Waals surface area contributed by atoms with Gasteiger partial charge in [0.05, 0.1) is 5.56 Å². The third-order valence-electron chi connectivity index (χ3n) is 3.56. The second-order valence-corrected chi connectivity index (χ2v) is 9.08. The van der Waals surface area contributed by atoms with Crippen LogP contribution < -0.4 is 0 Å². The lowest BCUT2D eigenvalue weighted by Crippen LogP contribution is -2.37. The van der Waals surface area contributed by atoms with E-state index in [9.17, 15) is 26.0 Å². The summed E-state index contributed by atoms with van der Waals surface area (Å²) in [7, 11) is -4.73. The SMILES string of the molecule is CC1(C)CC(S(=O)(=O)C(Cl)(CC=C(F)F)c2c(F)cccc2F)=NO1. The number of hydrogen-bond acceptors (Lipinski definition) is 4. The van der Waals surface area contributed by atoms with Crippen LogP contribution in [0.5, 0.6) is 0 Å². The molecule has 0 saturated carbocycles. The minimum absolute atomic E-state index is 0.192. The maximum Gasteiger partial charge on any atom is 0.266 e. The molecule has 0 bridgehead atoms. The number of hydrogen-bond donors (Lipinski definition) is 0. The van der Waals surface area contributed by atoms with E-state index in [4.69, 9.17) is 16.4 Å². The van der Waals surface area contributed by atoms with Crippen LogP contribution in [0.3, 0.4) is 0 Å². The van der Waals surface area contributed by atoms with E-state index in [0.717, 1.165) is 18.2 Å².